The summed E-state index contributed by atoms with van der Waals surface area (Å²) in [5.41, 5.74) is 0. The van der Waals surface area contributed by atoms with Gasteiger partial charge in [-0.2, -0.15) is 0 Å². The number of carbonyl (C=O) groups is 1. The van der Waals surface area contributed by atoms with Crippen LogP contribution in [0.5, 0.6) is 0 Å². The van der Waals surface area contributed by atoms with Crippen molar-refractivity contribution < 1.29 is 15.0 Å². The summed E-state index contributed by atoms with van der Waals surface area (Å²) < 4.78 is 0. The fraction of sp³-hybridized carbons (Fsp3) is 0.667. The second-order valence-corrected chi connectivity index (χ2v) is 0.963. The molecule has 0 aliphatic carbocycles. The molecule has 0 aliphatic heterocycles. The maximum Gasteiger partial charge on any atom is 0.141 e. The van der Waals surface area contributed by atoms with Crippen LogP contribution in [0.1, 0.15) is 6.92 Å². The van der Waals surface area contributed by atoms with Crippen LogP contribution in [0.25, 0.3) is 0 Å². The number of aliphatic hydroxyl groups excluding tert-OH is 1. The number of carbonyl (C=O) groups excluding carboxylic acids is 1. The Hall–Kier alpha value is -0.410. The second-order valence-electron chi connectivity index (χ2n) is 0.963. The lowest BCUT2D eigenvalue weighted by molar-refractivity contribution is -0.461. The molecule has 1 N–H and O–H groups in total. The third-order valence-corrected chi connectivity index (χ3v) is 0.348. The molecule has 1 unspecified atom stereocenters. The van der Waals surface area contributed by atoms with Crippen molar-refractivity contribution in [1.29, 1.82) is 0 Å². The smallest absolute Gasteiger partial charge is 0.141 e. The summed E-state index contributed by atoms with van der Waals surface area (Å²) in [6.45, 7) is 1.04. The van der Waals surface area contributed by atoms with E-state index in [4.69, 9.17) is 5.11 Å². The molecule has 0 aromatic rings. The van der Waals surface area contributed by atoms with Crippen LogP contribution >= 0.6 is 0 Å². The number of aliphatic hydroxyl groups is 1. The average Bonchev–Trinajstić information content (AvgIpc) is 1.36. The Balaban J connectivity index is 3.26. The van der Waals surface area contributed by atoms with Gasteiger partial charge in [0.25, 0.3) is 0 Å². The van der Waals surface area contributed by atoms with E-state index in [1.165, 1.54) is 0 Å². The average molecular weight is 89.1 g/mol. The van der Waals surface area contributed by atoms with Gasteiger partial charge in [0.2, 0.25) is 0 Å². The van der Waals surface area contributed by atoms with Gasteiger partial charge in [-0.05, 0) is 6.92 Å². The van der Waals surface area contributed by atoms with Gasteiger partial charge in [-0.15, -0.1) is 0 Å². The highest BCUT2D eigenvalue weighted by molar-refractivity contribution is 5.77. The Morgan fingerprint density at radius 2 is 2.17 bits per heavy atom. The zero-order valence-electron chi connectivity index (χ0n) is 3.34. The molecule has 3 nitrogen and oxygen atoms in total. The van der Waals surface area contributed by atoms with E-state index in [1.807, 2.05) is 0 Å². The molecule has 6 heavy (non-hydrogen) atoms. The molecule has 3 heteroatoms. The van der Waals surface area contributed by atoms with Crippen LogP contribution in [0.2, 0.25) is 0 Å². The Kier molecular flexibility index (Phi) is 1.76. The maximum atomic E-state index is 9.58. The van der Waals surface area contributed by atoms with E-state index < -0.39 is 12.1 Å². The minimum absolute atomic E-state index is 0.741. The monoisotopic (exact) mass is 89.0 g/mol. The highest BCUT2D eigenvalue weighted by Crippen LogP contribution is 1.66. The predicted octanol–water partition coefficient (Wildman–Crippen LogP) is -1.75. The molecular formula is C3H5O3-. The molecule has 0 bridgehead atoms. The van der Waals surface area contributed by atoms with Crippen molar-refractivity contribution in [3.05, 3.63) is 0 Å². The van der Waals surface area contributed by atoms with E-state index in [0.29, 0.717) is 0 Å². The molecule has 0 spiro atoms. The molecule has 0 aromatic heterocycles. The summed E-state index contributed by atoms with van der Waals surface area (Å²) in [5, 5.41) is 17.2. The zero-order valence-corrected chi connectivity index (χ0v) is 3.34. The van der Waals surface area contributed by atoms with Gasteiger partial charge < -0.3 is 10.2 Å². The Morgan fingerprint density at radius 1 is 2.00 bits per heavy atom. The van der Waals surface area contributed by atoms with Gasteiger partial charge >= 0.3 is 0 Å². The van der Waals surface area contributed by atoms with Crippen LogP contribution < -0.4 is 5.11 Å². The van der Waals surface area contributed by atoms with Crippen LogP contribution in [0.15, 0.2) is 0 Å². The Labute approximate surface area is 35.2 Å². The van der Waals surface area contributed by atoms with Gasteiger partial charge in [0, 0.05) is 6.29 Å². The third-order valence-electron chi connectivity index (χ3n) is 0.348. The first-order valence-corrected chi connectivity index (χ1v) is 1.49. The molecule has 0 radical (unpaired) electrons. The largest absolute Gasteiger partial charge is 0.826 e. The molecule has 36 valence electrons. The van der Waals surface area contributed by atoms with Crippen LogP contribution in [-0.4, -0.2) is 17.2 Å². The number of ketones is 1. The summed E-state index contributed by atoms with van der Waals surface area (Å²) in [6, 6.07) is 0. The number of Topliss-reactive ketones (excluding diaryl/α,β-unsaturated/α-hetero) is 1. The zero-order chi connectivity index (χ0) is 5.15. The summed E-state index contributed by atoms with van der Waals surface area (Å²) >= 11 is 0. The summed E-state index contributed by atoms with van der Waals surface area (Å²) in [6.07, 6.45) is -2.04. The Bertz CT molecular complexity index is 57.1. The van der Waals surface area contributed by atoms with E-state index in [9.17, 15) is 9.90 Å². The minimum Gasteiger partial charge on any atom is -0.826 e. The molecule has 0 aromatic carbocycles. The highest BCUT2D eigenvalue weighted by atomic mass is 16.5. The summed E-state index contributed by atoms with van der Waals surface area (Å²) in [5.74, 6) is -0.741. The van der Waals surface area contributed by atoms with E-state index in [2.05, 4.69) is 0 Å². The van der Waals surface area contributed by atoms with E-state index in [0.717, 1.165) is 6.92 Å². The molecule has 0 fully saturated rings. The van der Waals surface area contributed by atoms with Gasteiger partial charge in [0.15, 0.2) is 0 Å². The molecule has 0 heterocycles. The molecule has 0 rings (SSSR count). The first-order chi connectivity index (χ1) is 2.64. The molecule has 0 aliphatic rings. The van der Waals surface area contributed by atoms with Crippen LogP contribution in [0.3, 0.4) is 0 Å². The van der Waals surface area contributed by atoms with Crippen molar-refractivity contribution in [3.8, 4) is 0 Å². The van der Waals surface area contributed by atoms with Crippen LogP contribution in [-0.2, 0) is 4.79 Å². The fourth-order valence-corrected chi connectivity index (χ4v) is 0. The van der Waals surface area contributed by atoms with E-state index >= 15 is 0 Å². The fourth-order valence-electron chi connectivity index (χ4n) is 0. The van der Waals surface area contributed by atoms with Crippen molar-refractivity contribution >= 4 is 5.78 Å². The van der Waals surface area contributed by atoms with Gasteiger partial charge in [-0.1, -0.05) is 0 Å². The van der Waals surface area contributed by atoms with Crippen molar-refractivity contribution in [2.24, 2.45) is 0 Å². The number of hydrogen-bond donors (Lipinski definition) is 1. The summed E-state index contributed by atoms with van der Waals surface area (Å²) in [4.78, 5) is 9.58. The van der Waals surface area contributed by atoms with Crippen molar-refractivity contribution in [2.45, 2.75) is 13.2 Å². The maximum absolute atomic E-state index is 9.58. The minimum atomic E-state index is -2.04. The van der Waals surface area contributed by atoms with Gasteiger partial charge in [0.05, 0.1) is 0 Å². The number of rotatable bonds is 1. The van der Waals surface area contributed by atoms with Gasteiger partial charge in [-0.3, -0.25) is 4.79 Å². The van der Waals surface area contributed by atoms with Gasteiger partial charge in [0.1, 0.15) is 5.78 Å². The second kappa shape index (κ2) is 1.89. The SMILES string of the molecule is CC(=O)C([O-])O. The Morgan fingerprint density at radius 3 is 2.17 bits per heavy atom. The molecule has 0 saturated heterocycles. The van der Waals surface area contributed by atoms with Crippen molar-refractivity contribution in [1.82, 2.24) is 0 Å². The first kappa shape index (κ1) is 5.59. The predicted molar refractivity (Wildman–Crippen MR) is 16.7 cm³/mol. The van der Waals surface area contributed by atoms with E-state index in [-0.39, 0.29) is 0 Å². The normalized spacial score (nSPS) is 13.8. The van der Waals surface area contributed by atoms with Crippen molar-refractivity contribution in [2.75, 3.05) is 0 Å². The molecular weight excluding hydrogens is 84.0 g/mol. The lowest BCUT2D eigenvalue weighted by atomic mass is 10.4. The topological polar surface area (TPSA) is 60.4 Å². The van der Waals surface area contributed by atoms with E-state index in [1.54, 1.807) is 0 Å². The number of hydrogen-bond acceptors (Lipinski definition) is 3. The third kappa shape index (κ3) is 1.87. The molecule has 0 amide bonds. The molecule has 0 saturated carbocycles. The van der Waals surface area contributed by atoms with Crippen LogP contribution in [0, 0.1) is 0 Å². The highest BCUT2D eigenvalue weighted by Gasteiger charge is 1.88. The lowest BCUT2D eigenvalue weighted by Crippen LogP contribution is -2.31. The van der Waals surface area contributed by atoms with Crippen LogP contribution in [0.4, 0.5) is 0 Å². The van der Waals surface area contributed by atoms with Gasteiger partial charge in [-0.25, -0.2) is 0 Å². The first-order valence-electron chi connectivity index (χ1n) is 1.49. The van der Waals surface area contributed by atoms with Crippen molar-refractivity contribution in [3.63, 3.8) is 0 Å². The molecule has 1 atom stereocenters. The lowest BCUT2D eigenvalue weighted by Gasteiger charge is -2.06. The summed E-state index contributed by atoms with van der Waals surface area (Å²) in [7, 11) is 0. The standard InChI is InChI=1S/C3H5O3/c1-2(4)3(5)6/h3,5H,1H3/q-1. The quantitative estimate of drug-likeness (QED) is 0.388.